The maximum Gasteiger partial charge on any atom is 0.410 e. The lowest BCUT2D eigenvalue weighted by atomic mass is 9.85. The Bertz CT molecular complexity index is 1240. The molecule has 0 spiro atoms. The molecule has 0 saturated carbocycles. The van der Waals surface area contributed by atoms with Gasteiger partial charge >= 0.3 is 6.09 Å². The highest BCUT2D eigenvalue weighted by Crippen LogP contribution is 2.45. The van der Waals surface area contributed by atoms with Crippen molar-refractivity contribution >= 4 is 17.7 Å². The monoisotopic (exact) mass is 481 g/mol. The summed E-state index contributed by atoms with van der Waals surface area (Å²) >= 11 is 0. The lowest BCUT2D eigenvalue weighted by molar-refractivity contribution is 0.0506. The second-order valence-electron chi connectivity index (χ2n) is 10.4. The number of nitrogens with zero attached hydrogens (tertiary/aromatic N) is 3. The molecule has 6 rings (SSSR count). The van der Waals surface area contributed by atoms with Crippen LogP contribution in [0.4, 0.5) is 10.6 Å². The van der Waals surface area contributed by atoms with Crippen molar-refractivity contribution in [3.05, 3.63) is 83.6 Å². The molecule has 2 bridgehead atoms. The van der Waals surface area contributed by atoms with Crippen LogP contribution in [0, 0.1) is 5.92 Å². The van der Waals surface area contributed by atoms with E-state index in [9.17, 15) is 9.59 Å². The van der Waals surface area contributed by atoms with Crippen LogP contribution in [0.15, 0.2) is 66.9 Å². The van der Waals surface area contributed by atoms with Crippen LogP contribution in [0.1, 0.15) is 53.1 Å². The van der Waals surface area contributed by atoms with E-state index >= 15 is 0 Å². The first kappa shape index (κ1) is 22.8. The van der Waals surface area contributed by atoms with Gasteiger partial charge in [-0.1, -0.05) is 48.5 Å². The van der Waals surface area contributed by atoms with Crippen LogP contribution >= 0.6 is 0 Å². The third-order valence-electron chi connectivity index (χ3n) is 8.14. The summed E-state index contributed by atoms with van der Waals surface area (Å²) in [4.78, 5) is 34.8. The van der Waals surface area contributed by atoms with Crippen molar-refractivity contribution in [2.24, 2.45) is 5.92 Å². The number of carbonyl (C=O) groups is 2. The second-order valence-corrected chi connectivity index (χ2v) is 10.4. The lowest BCUT2D eigenvalue weighted by Crippen LogP contribution is -2.48. The predicted octanol–water partition coefficient (Wildman–Crippen LogP) is 5.52. The Morgan fingerprint density at radius 3 is 2.08 bits per heavy atom. The summed E-state index contributed by atoms with van der Waals surface area (Å²) in [7, 11) is 3.86. The Hall–Kier alpha value is -3.67. The first-order valence-electron chi connectivity index (χ1n) is 12.8. The maximum absolute atomic E-state index is 13.3. The SMILES string of the molecule is CN(C)c1ccc(C(=O)C2CC3CCC(C2)N3C(=O)OCC2c3ccccc3-c3ccccc32)cn1. The van der Waals surface area contributed by atoms with E-state index in [0.29, 0.717) is 25.0 Å². The van der Waals surface area contributed by atoms with Crippen molar-refractivity contribution in [1.29, 1.82) is 0 Å². The van der Waals surface area contributed by atoms with E-state index in [-0.39, 0.29) is 35.8 Å². The lowest BCUT2D eigenvalue weighted by Gasteiger charge is -2.37. The van der Waals surface area contributed by atoms with Gasteiger partial charge in [0, 0.05) is 49.8 Å². The Labute approximate surface area is 211 Å². The number of rotatable bonds is 5. The normalized spacial score (nSPS) is 22.2. The van der Waals surface area contributed by atoms with E-state index in [2.05, 4.69) is 41.4 Å². The van der Waals surface area contributed by atoms with Crippen molar-refractivity contribution in [2.45, 2.75) is 43.7 Å². The second kappa shape index (κ2) is 9.08. The molecule has 2 unspecified atom stereocenters. The van der Waals surface area contributed by atoms with Gasteiger partial charge in [0.15, 0.2) is 5.78 Å². The van der Waals surface area contributed by atoms with Crippen LogP contribution in [-0.2, 0) is 4.74 Å². The van der Waals surface area contributed by atoms with Gasteiger partial charge in [-0.2, -0.15) is 0 Å². The van der Waals surface area contributed by atoms with Gasteiger partial charge in [0.2, 0.25) is 0 Å². The number of ether oxygens (including phenoxy) is 1. The average molecular weight is 482 g/mol. The fourth-order valence-electron chi connectivity index (χ4n) is 6.39. The number of hydrogen-bond donors (Lipinski definition) is 0. The van der Waals surface area contributed by atoms with Crippen LogP contribution in [0.5, 0.6) is 0 Å². The number of aromatic nitrogens is 1. The Balaban J connectivity index is 1.12. The fraction of sp³-hybridized carbons (Fsp3) is 0.367. The number of piperidine rings is 1. The number of anilines is 1. The van der Waals surface area contributed by atoms with Gasteiger partial charge in [-0.3, -0.25) is 4.79 Å². The summed E-state index contributed by atoms with van der Waals surface area (Å²) in [6.07, 6.45) is 4.67. The van der Waals surface area contributed by atoms with Crippen LogP contribution in [0.3, 0.4) is 0 Å². The number of pyridine rings is 1. The summed E-state index contributed by atoms with van der Waals surface area (Å²) in [5.74, 6) is 0.941. The minimum Gasteiger partial charge on any atom is -0.448 e. The molecule has 2 aliphatic heterocycles. The molecule has 0 N–H and O–H groups in total. The van der Waals surface area contributed by atoms with Gasteiger partial charge in [0.25, 0.3) is 0 Å². The number of carbonyl (C=O) groups excluding carboxylic acids is 2. The number of fused-ring (bicyclic) bond motifs is 5. The Morgan fingerprint density at radius 2 is 1.53 bits per heavy atom. The molecule has 2 fully saturated rings. The third-order valence-corrected chi connectivity index (χ3v) is 8.14. The molecule has 184 valence electrons. The minimum absolute atomic E-state index is 0.0516. The highest BCUT2D eigenvalue weighted by Gasteiger charge is 2.46. The zero-order chi connectivity index (χ0) is 24.8. The summed E-state index contributed by atoms with van der Waals surface area (Å²) < 4.78 is 5.96. The van der Waals surface area contributed by atoms with Gasteiger partial charge in [-0.25, -0.2) is 9.78 Å². The Kier molecular flexibility index (Phi) is 5.75. The molecule has 6 heteroatoms. The Morgan fingerprint density at radius 1 is 0.917 bits per heavy atom. The van der Waals surface area contributed by atoms with Crippen molar-refractivity contribution < 1.29 is 14.3 Å². The van der Waals surface area contributed by atoms with Crippen molar-refractivity contribution in [2.75, 3.05) is 25.6 Å². The highest BCUT2D eigenvalue weighted by atomic mass is 16.6. The summed E-state index contributed by atoms with van der Waals surface area (Å²) in [6.45, 7) is 0.328. The molecule has 3 aromatic rings. The third kappa shape index (κ3) is 3.85. The molecule has 1 aliphatic carbocycles. The largest absolute Gasteiger partial charge is 0.448 e. The molecule has 36 heavy (non-hydrogen) atoms. The topological polar surface area (TPSA) is 62.7 Å². The number of ketones is 1. The van der Waals surface area contributed by atoms with E-state index in [1.54, 1.807) is 6.20 Å². The molecule has 1 aromatic heterocycles. The molecule has 3 aliphatic rings. The zero-order valence-corrected chi connectivity index (χ0v) is 20.8. The van der Waals surface area contributed by atoms with Gasteiger partial charge in [0.05, 0.1) is 0 Å². The summed E-state index contributed by atoms with van der Waals surface area (Å²) in [6, 6.07) is 20.6. The van der Waals surface area contributed by atoms with E-state index in [0.717, 1.165) is 18.7 Å². The maximum atomic E-state index is 13.3. The molecular formula is C30H31N3O3. The highest BCUT2D eigenvalue weighted by molar-refractivity contribution is 5.98. The first-order valence-corrected chi connectivity index (χ1v) is 12.8. The van der Waals surface area contributed by atoms with E-state index in [1.807, 2.05) is 48.2 Å². The molecule has 2 saturated heterocycles. The molecule has 2 aromatic carbocycles. The van der Waals surface area contributed by atoms with E-state index < -0.39 is 0 Å². The number of hydrogen-bond acceptors (Lipinski definition) is 5. The zero-order valence-electron chi connectivity index (χ0n) is 20.8. The molecule has 2 atom stereocenters. The van der Waals surface area contributed by atoms with E-state index in [4.69, 9.17) is 4.74 Å². The van der Waals surface area contributed by atoms with Gasteiger partial charge in [0.1, 0.15) is 12.4 Å². The van der Waals surface area contributed by atoms with Gasteiger partial charge < -0.3 is 14.5 Å². The van der Waals surface area contributed by atoms with E-state index in [1.165, 1.54) is 22.3 Å². The number of Topliss-reactive ketones (excluding diaryl/α,β-unsaturated/α-hetero) is 1. The molecule has 6 nitrogen and oxygen atoms in total. The average Bonchev–Trinajstić information content (AvgIpc) is 3.37. The number of amides is 1. The number of benzene rings is 2. The smallest absolute Gasteiger partial charge is 0.410 e. The quantitative estimate of drug-likeness (QED) is 0.449. The van der Waals surface area contributed by atoms with Crippen molar-refractivity contribution in [3.63, 3.8) is 0 Å². The van der Waals surface area contributed by atoms with Crippen molar-refractivity contribution in [1.82, 2.24) is 9.88 Å². The van der Waals surface area contributed by atoms with Crippen LogP contribution in [-0.4, -0.2) is 54.5 Å². The summed E-state index contributed by atoms with van der Waals surface area (Å²) in [5, 5.41) is 0. The minimum atomic E-state index is -0.243. The van der Waals surface area contributed by atoms with Crippen LogP contribution < -0.4 is 4.90 Å². The van der Waals surface area contributed by atoms with Crippen LogP contribution in [0.2, 0.25) is 0 Å². The first-order chi connectivity index (χ1) is 17.5. The van der Waals surface area contributed by atoms with Gasteiger partial charge in [-0.05, 0) is 60.1 Å². The fourth-order valence-corrected chi connectivity index (χ4v) is 6.39. The molecule has 3 heterocycles. The molecular weight excluding hydrogens is 450 g/mol. The predicted molar refractivity (Wildman–Crippen MR) is 139 cm³/mol. The van der Waals surface area contributed by atoms with Crippen molar-refractivity contribution in [3.8, 4) is 11.1 Å². The standard InChI is InChI=1S/C30H31N3O3/c1-32(2)28-14-11-19(17-31-28)29(34)20-15-21-12-13-22(16-20)33(21)30(35)36-18-27-25-9-5-3-7-23(25)24-8-4-6-10-26(24)27/h3-11,14,17,20-22,27H,12-13,15-16,18H2,1-2H3. The molecule has 0 radical (unpaired) electrons. The summed E-state index contributed by atoms with van der Waals surface area (Å²) in [5.41, 5.74) is 5.53. The van der Waals surface area contributed by atoms with Gasteiger partial charge in [-0.15, -0.1) is 0 Å². The van der Waals surface area contributed by atoms with Crippen LogP contribution in [0.25, 0.3) is 11.1 Å². The molecule has 1 amide bonds.